The minimum absolute atomic E-state index is 0.00731. The van der Waals surface area contributed by atoms with Gasteiger partial charge in [0.2, 0.25) is 0 Å². The summed E-state index contributed by atoms with van der Waals surface area (Å²) in [6.07, 6.45) is 0.963. The third kappa shape index (κ3) is 1.61. The third-order valence-electron chi connectivity index (χ3n) is 3.39. The lowest BCUT2D eigenvalue weighted by atomic mass is 9.86. The van der Waals surface area contributed by atoms with Crippen molar-refractivity contribution in [3.63, 3.8) is 0 Å². The Morgan fingerprint density at radius 1 is 1.50 bits per heavy atom. The van der Waals surface area contributed by atoms with Gasteiger partial charge in [-0.25, -0.2) is 4.79 Å². The fraction of sp³-hybridized carbons (Fsp3) is 0.462. The van der Waals surface area contributed by atoms with Gasteiger partial charge in [-0.15, -0.1) is 0 Å². The van der Waals surface area contributed by atoms with Crippen molar-refractivity contribution < 1.29 is 9.53 Å². The molecule has 1 aromatic carbocycles. The molecule has 0 aliphatic heterocycles. The van der Waals surface area contributed by atoms with Crippen molar-refractivity contribution in [2.75, 3.05) is 7.11 Å². The Hall–Kier alpha value is -1.35. The van der Waals surface area contributed by atoms with E-state index in [0.717, 1.165) is 12.0 Å². The SMILES string of the molecule is COC(=O)c1ccc2c(c1)[C@@H](N)C(C)(C)C2. The van der Waals surface area contributed by atoms with E-state index in [2.05, 4.69) is 13.8 Å². The second kappa shape index (κ2) is 3.59. The van der Waals surface area contributed by atoms with Crippen LogP contribution in [0.2, 0.25) is 0 Å². The highest BCUT2D eigenvalue weighted by molar-refractivity contribution is 5.89. The maximum atomic E-state index is 11.4. The van der Waals surface area contributed by atoms with Crippen molar-refractivity contribution in [1.82, 2.24) is 0 Å². The van der Waals surface area contributed by atoms with Crippen molar-refractivity contribution >= 4 is 5.97 Å². The van der Waals surface area contributed by atoms with Crippen LogP contribution in [0.4, 0.5) is 0 Å². The lowest BCUT2D eigenvalue weighted by Gasteiger charge is -2.23. The van der Waals surface area contributed by atoms with Crippen LogP contribution in [-0.2, 0) is 11.2 Å². The molecule has 1 atom stereocenters. The molecule has 0 bridgehead atoms. The molecule has 3 nitrogen and oxygen atoms in total. The Balaban J connectivity index is 2.43. The fourth-order valence-electron chi connectivity index (χ4n) is 2.31. The zero-order valence-electron chi connectivity index (χ0n) is 9.91. The predicted octanol–water partition coefficient (Wildman–Crippen LogP) is 2.06. The summed E-state index contributed by atoms with van der Waals surface area (Å²) in [4.78, 5) is 11.4. The highest BCUT2D eigenvalue weighted by Crippen LogP contribution is 2.43. The minimum Gasteiger partial charge on any atom is -0.465 e. The van der Waals surface area contributed by atoms with Crippen LogP contribution in [0, 0.1) is 5.41 Å². The minimum atomic E-state index is -0.306. The molecular formula is C13H17NO2. The molecule has 0 fully saturated rings. The van der Waals surface area contributed by atoms with E-state index in [1.165, 1.54) is 12.7 Å². The first-order chi connectivity index (χ1) is 7.45. The molecule has 2 N–H and O–H groups in total. The molecule has 0 saturated carbocycles. The van der Waals surface area contributed by atoms with Gasteiger partial charge in [0, 0.05) is 6.04 Å². The molecule has 16 heavy (non-hydrogen) atoms. The van der Waals surface area contributed by atoms with E-state index < -0.39 is 0 Å². The van der Waals surface area contributed by atoms with Crippen molar-refractivity contribution in [2.45, 2.75) is 26.3 Å². The number of hydrogen-bond acceptors (Lipinski definition) is 3. The van der Waals surface area contributed by atoms with Crippen LogP contribution in [0.1, 0.15) is 41.4 Å². The Morgan fingerprint density at radius 2 is 2.19 bits per heavy atom. The van der Waals surface area contributed by atoms with Gasteiger partial charge in [0.05, 0.1) is 12.7 Å². The van der Waals surface area contributed by atoms with E-state index >= 15 is 0 Å². The summed E-state index contributed by atoms with van der Waals surface area (Å²) in [6, 6.07) is 5.64. The van der Waals surface area contributed by atoms with Gasteiger partial charge in [-0.3, -0.25) is 0 Å². The average molecular weight is 219 g/mol. The van der Waals surface area contributed by atoms with Crippen LogP contribution >= 0.6 is 0 Å². The standard InChI is InChI=1S/C13H17NO2/c1-13(2)7-9-5-4-8(12(15)16-3)6-10(9)11(13)14/h4-6,11H,7,14H2,1-3H3/t11-/m1/s1. The zero-order valence-corrected chi connectivity index (χ0v) is 9.91. The highest BCUT2D eigenvalue weighted by atomic mass is 16.5. The summed E-state index contributed by atoms with van der Waals surface area (Å²) in [7, 11) is 1.39. The molecule has 1 aliphatic carbocycles. The topological polar surface area (TPSA) is 52.3 Å². The monoisotopic (exact) mass is 219 g/mol. The van der Waals surface area contributed by atoms with Gasteiger partial charge in [0.25, 0.3) is 0 Å². The molecule has 0 aromatic heterocycles. The number of benzene rings is 1. The summed E-state index contributed by atoms with van der Waals surface area (Å²) in [6.45, 7) is 4.30. The molecule has 0 unspecified atom stereocenters. The maximum absolute atomic E-state index is 11.4. The smallest absolute Gasteiger partial charge is 0.337 e. The predicted molar refractivity (Wildman–Crippen MR) is 62.2 cm³/mol. The van der Waals surface area contributed by atoms with Crippen molar-refractivity contribution in [2.24, 2.45) is 11.1 Å². The van der Waals surface area contributed by atoms with Crippen LogP contribution in [0.15, 0.2) is 18.2 Å². The molecule has 0 radical (unpaired) electrons. The molecule has 2 rings (SSSR count). The van der Waals surface area contributed by atoms with Gasteiger partial charge < -0.3 is 10.5 Å². The summed E-state index contributed by atoms with van der Waals surface area (Å²) >= 11 is 0. The summed E-state index contributed by atoms with van der Waals surface area (Å²) < 4.78 is 4.70. The van der Waals surface area contributed by atoms with Crippen LogP contribution in [0.3, 0.4) is 0 Å². The Bertz CT molecular complexity index is 438. The number of ether oxygens (including phenoxy) is 1. The molecule has 0 spiro atoms. The average Bonchev–Trinajstić information content (AvgIpc) is 2.48. The molecule has 86 valence electrons. The van der Waals surface area contributed by atoms with Gasteiger partial charge in [-0.1, -0.05) is 19.9 Å². The van der Waals surface area contributed by atoms with E-state index in [1.807, 2.05) is 12.1 Å². The lowest BCUT2D eigenvalue weighted by molar-refractivity contribution is 0.0600. The largest absolute Gasteiger partial charge is 0.465 e. The van der Waals surface area contributed by atoms with E-state index in [9.17, 15) is 4.79 Å². The van der Waals surface area contributed by atoms with E-state index in [4.69, 9.17) is 10.5 Å². The number of methoxy groups -OCH3 is 1. The van der Waals surface area contributed by atoms with Gasteiger partial charge in [-0.05, 0) is 35.1 Å². The number of carbonyl (C=O) groups is 1. The van der Waals surface area contributed by atoms with Crippen molar-refractivity contribution in [3.8, 4) is 0 Å². The van der Waals surface area contributed by atoms with Gasteiger partial charge in [0.15, 0.2) is 0 Å². The van der Waals surface area contributed by atoms with E-state index in [0.29, 0.717) is 5.56 Å². The number of hydrogen-bond donors (Lipinski definition) is 1. The van der Waals surface area contributed by atoms with Crippen LogP contribution in [-0.4, -0.2) is 13.1 Å². The summed E-state index contributed by atoms with van der Waals surface area (Å²) in [5.74, 6) is -0.306. The first-order valence-corrected chi connectivity index (χ1v) is 5.42. The zero-order chi connectivity index (χ0) is 11.9. The summed E-state index contributed by atoms with van der Waals surface area (Å²) in [5.41, 5.74) is 9.14. The van der Waals surface area contributed by atoms with E-state index in [-0.39, 0.29) is 17.4 Å². The molecule has 3 heteroatoms. The first kappa shape index (κ1) is 11.1. The molecule has 0 amide bonds. The van der Waals surface area contributed by atoms with Gasteiger partial charge >= 0.3 is 5.97 Å². The van der Waals surface area contributed by atoms with Gasteiger partial charge in [-0.2, -0.15) is 0 Å². The molecule has 0 heterocycles. The Morgan fingerprint density at radius 3 is 2.81 bits per heavy atom. The van der Waals surface area contributed by atoms with E-state index in [1.54, 1.807) is 6.07 Å². The lowest BCUT2D eigenvalue weighted by Crippen LogP contribution is -2.24. The quantitative estimate of drug-likeness (QED) is 0.735. The van der Waals surface area contributed by atoms with Crippen molar-refractivity contribution in [3.05, 3.63) is 34.9 Å². The van der Waals surface area contributed by atoms with Crippen molar-refractivity contribution in [1.29, 1.82) is 0 Å². The number of esters is 1. The Labute approximate surface area is 95.6 Å². The third-order valence-corrected chi connectivity index (χ3v) is 3.39. The van der Waals surface area contributed by atoms with Crippen LogP contribution in [0.25, 0.3) is 0 Å². The van der Waals surface area contributed by atoms with Gasteiger partial charge in [0.1, 0.15) is 0 Å². The van der Waals surface area contributed by atoms with Crippen LogP contribution in [0.5, 0.6) is 0 Å². The first-order valence-electron chi connectivity index (χ1n) is 5.42. The maximum Gasteiger partial charge on any atom is 0.337 e. The highest BCUT2D eigenvalue weighted by Gasteiger charge is 2.36. The second-order valence-electron chi connectivity index (χ2n) is 5.05. The fourth-order valence-corrected chi connectivity index (χ4v) is 2.31. The molecule has 0 saturated heterocycles. The molecule has 1 aromatic rings. The molecular weight excluding hydrogens is 202 g/mol. The second-order valence-corrected chi connectivity index (χ2v) is 5.05. The number of fused-ring (bicyclic) bond motifs is 1. The number of nitrogens with two attached hydrogens (primary N) is 1. The van der Waals surface area contributed by atoms with Crippen LogP contribution < -0.4 is 5.73 Å². The normalized spacial score (nSPS) is 21.6. The Kier molecular flexibility index (Phi) is 2.50. The molecule has 1 aliphatic rings. The number of rotatable bonds is 1. The number of carbonyl (C=O) groups excluding carboxylic acids is 1. The summed E-state index contributed by atoms with van der Waals surface area (Å²) in [5, 5.41) is 0.